The molecule has 2 rings (SSSR count). The van der Waals surface area contributed by atoms with E-state index in [1.165, 1.54) is 6.20 Å². The summed E-state index contributed by atoms with van der Waals surface area (Å²) in [6.45, 7) is 0.191. The van der Waals surface area contributed by atoms with Gasteiger partial charge in [-0.15, -0.1) is 0 Å². The minimum absolute atomic E-state index is 0.0303. The number of Topliss-reactive ketones (excluding diaryl/α,β-unsaturated/α-hetero) is 1. The lowest BCUT2D eigenvalue weighted by Crippen LogP contribution is -2.36. The maximum absolute atomic E-state index is 11.9. The average molecular weight is 249 g/mol. The van der Waals surface area contributed by atoms with E-state index in [2.05, 4.69) is 0 Å². The average Bonchev–Trinajstić information content (AvgIpc) is 2.29. The molecule has 0 saturated carbocycles. The maximum atomic E-state index is 11.9. The van der Waals surface area contributed by atoms with E-state index in [-0.39, 0.29) is 18.1 Å². The minimum Gasteiger partial charge on any atom is -0.503 e. The Hall–Kier alpha value is -1.87. The van der Waals surface area contributed by atoms with Gasteiger partial charge in [-0.2, -0.15) is 4.57 Å². The van der Waals surface area contributed by atoms with E-state index in [1.54, 1.807) is 47.2 Å². The van der Waals surface area contributed by atoms with E-state index in [0.717, 1.165) is 0 Å². The Labute approximate surface area is 104 Å². The van der Waals surface area contributed by atoms with Crippen LogP contribution in [0.3, 0.4) is 0 Å². The van der Waals surface area contributed by atoms with Crippen molar-refractivity contribution in [3.63, 3.8) is 0 Å². The van der Waals surface area contributed by atoms with E-state index in [9.17, 15) is 9.90 Å². The standard InChI is InChI=1S/C13H10ClNO2/c14-11-5-3-10(4-6-11)13(17)9-15-7-1-2-12(16)8-15/h1-8H,9H2/p+1. The van der Waals surface area contributed by atoms with Gasteiger partial charge in [0.2, 0.25) is 18.5 Å². The van der Waals surface area contributed by atoms with Crippen molar-refractivity contribution in [2.45, 2.75) is 6.54 Å². The van der Waals surface area contributed by atoms with E-state index < -0.39 is 0 Å². The van der Waals surface area contributed by atoms with Gasteiger partial charge < -0.3 is 5.11 Å². The Balaban J connectivity index is 2.14. The van der Waals surface area contributed by atoms with Crippen LogP contribution in [0.4, 0.5) is 0 Å². The van der Waals surface area contributed by atoms with Gasteiger partial charge in [-0.05, 0) is 30.3 Å². The summed E-state index contributed by atoms with van der Waals surface area (Å²) in [7, 11) is 0. The number of carbonyl (C=O) groups is 1. The second kappa shape index (κ2) is 4.97. The van der Waals surface area contributed by atoms with Crippen molar-refractivity contribution in [3.05, 3.63) is 59.4 Å². The number of rotatable bonds is 3. The first-order valence-electron chi connectivity index (χ1n) is 5.12. The molecule has 0 radical (unpaired) electrons. The molecule has 0 saturated heterocycles. The second-order valence-electron chi connectivity index (χ2n) is 3.66. The normalized spacial score (nSPS) is 10.2. The fourth-order valence-corrected chi connectivity index (χ4v) is 1.63. The van der Waals surface area contributed by atoms with Gasteiger partial charge in [-0.1, -0.05) is 11.6 Å². The molecular weight excluding hydrogens is 238 g/mol. The number of aromatic hydroxyl groups is 1. The van der Waals surface area contributed by atoms with E-state index in [0.29, 0.717) is 10.6 Å². The van der Waals surface area contributed by atoms with Crippen molar-refractivity contribution >= 4 is 17.4 Å². The molecule has 1 heterocycles. The van der Waals surface area contributed by atoms with Crippen molar-refractivity contribution in [2.24, 2.45) is 0 Å². The summed E-state index contributed by atoms with van der Waals surface area (Å²) < 4.78 is 1.63. The highest BCUT2D eigenvalue weighted by Gasteiger charge is 2.12. The van der Waals surface area contributed by atoms with Crippen LogP contribution in [0.5, 0.6) is 5.75 Å². The molecule has 0 unspecified atom stereocenters. The van der Waals surface area contributed by atoms with Crippen molar-refractivity contribution in [3.8, 4) is 5.75 Å². The lowest BCUT2D eigenvalue weighted by atomic mass is 10.1. The van der Waals surface area contributed by atoms with E-state index >= 15 is 0 Å². The summed E-state index contributed by atoms with van der Waals surface area (Å²) >= 11 is 5.75. The van der Waals surface area contributed by atoms with Gasteiger partial charge in [0.1, 0.15) is 0 Å². The lowest BCUT2D eigenvalue weighted by Gasteiger charge is -1.98. The fourth-order valence-electron chi connectivity index (χ4n) is 1.50. The van der Waals surface area contributed by atoms with Crippen molar-refractivity contribution < 1.29 is 14.5 Å². The Morgan fingerprint density at radius 3 is 2.59 bits per heavy atom. The fraction of sp³-hybridized carbons (Fsp3) is 0.0769. The van der Waals surface area contributed by atoms with Crippen LogP contribution in [0, 0.1) is 0 Å². The summed E-state index contributed by atoms with van der Waals surface area (Å²) in [5.41, 5.74) is 0.602. The molecule has 1 aromatic carbocycles. The molecule has 86 valence electrons. The lowest BCUT2D eigenvalue weighted by molar-refractivity contribution is -0.683. The highest BCUT2D eigenvalue weighted by Crippen LogP contribution is 2.10. The molecule has 0 bridgehead atoms. The third kappa shape index (κ3) is 3.04. The highest BCUT2D eigenvalue weighted by atomic mass is 35.5. The minimum atomic E-state index is -0.0303. The van der Waals surface area contributed by atoms with Gasteiger partial charge in [-0.25, -0.2) is 0 Å². The van der Waals surface area contributed by atoms with Crippen molar-refractivity contribution in [1.82, 2.24) is 0 Å². The van der Waals surface area contributed by atoms with Crippen LogP contribution in [0.25, 0.3) is 0 Å². The number of ketones is 1. The van der Waals surface area contributed by atoms with Crippen molar-refractivity contribution in [2.75, 3.05) is 0 Å². The Morgan fingerprint density at radius 1 is 1.24 bits per heavy atom. The van der Waals surface area contributed by atoms with Gasteiger partial charge in [-0.3, -0.25) is 4.79 Å². The van der Waals surface area contributed by atoms with E-state index in [1.807, 2.05) is 0 Å². The summed E-state index contributed by atoms with van der Waals surface area (Å²) in [6.07, 6.45) is 3.24. The predicted octanol–water partition coefficient (Wildman–Crippen LogP) is 2.22. The number of carbonyl (C=O) groups excluding carboxylic acids is 1. The molecule has 4 heteroatoms. The molecule has 1 aromatic heterocycles. The molecule has 2 aromatic rings. The predicted molar refractivity (Wildman–Crippen MR) is 64.1 cm³/mol. The number of halogens is 1. The quantitative estimate of drug-likeness (QED) is 0.668. The zero-order valence-corrected chi connectivity index (χ0v) is 9.76. The van der Waals surface area contributed by atoms with Crippen LogP contribution in [0.1, 0.15) is 10.4 Å². The second-order valence-corrected chi connectivity index (χ2v) is 4.10. The van der Waals surface area contributed by atoms with Crippen LogP contribution in [-0.4, -0.2) is 10.9 Å². The summed E-state index contributed by atoms with van der Waals surface area (Å²) in [5, 5.41) is 9.89. The van der Waals surface area contributed by atoms with Gasteiger partial charge in [0.05, 0.1) is 0 Å². The van der Waals surface area contributed by atoms with Crippen LogP contribution >= 0.6 is 11.6 Å². The number of nitrogens with zero attached hydrogens (tertiary/aromatic N) is 1. The third-order valence-electron chi connectivity index (χ3n) is 2.33. The topological polar surface area (TPSA) is 41.2 Å². The summed E-state index contributed by atoms with van der Waals surface area (Å²) in [6, 6.07) is 9.99. The highest BCUT2D eigenvalue weighted by molar-refractivity contribution is 6.30. The molecule has 0 aliphatic rings. The molecule has 0 fully saturated rings. The van der Waals surface area contributed by atoms with Gasteiger partial charge in [0.15, 0.2) is 11.9 Å². The largest absolute Gasteiger partial charge is 0.503 e. The number of pyridine rings is 1. The molecule has 0 amide bonds. The van der Waals surface area contributed by atoms with E-state index in [4.69, 9.17) is 11.6 Å². The molecule has 1 N–H and O–H groups in total. The molecule has 3 nitrogen and oxygen atoms in total. The smallest absolute Gasteiger partial charge is 0.227 e. The van der Waals surface area contributed by atoms with Crippen LogP contribution in [0.2, 0.25) is 5.02 Å². The van der Waals surface area contributed by atoms with Crippen LogP contribution < -0.4 is 4.57 Å². The zero-order chi connectivity index (χ0) is 12.3. The van der Waals surface area contributed by atoms with Gasteiger partial charge in [0, 0.05) is 16.7 Å². The number of aromatic nitrogens is 1. The Kier molecular flexibility index (Phi) is 3.40. The molecule has 0 aliphatic carbocycles. The van der Waals surface area contributed by atoms with Crippen LogP contribution in [0.15, 0.2) is 48.8 Å². The molecule has 0 spiro atoms. The monoisotopic (exact) mass is 248 g/mol. The first kappa shape index (κ1) is 11.6. The molecular formula is C13H11ClNO2+. The number of hydrogen-bond donors (Lipinski definition) is 1. The first-order valence-corrected chi connectivity index (χ1v) is 5.50. The summed E-state index contributed by atoms with van der Waals surface area (Å²) in [4.78, 5) is 11.9. The Morgan fingerprint density at radius 2 is 1.94 bits per heavy atom. The first-order chi connectivity index (χ1) is 8.15. The SMILES string of the molecule is O=C(C[n+]1cccc(O)c1)c1ccc(Cl)cc1. The van der Waals surface area contributed by atoms with Crippen molar-refractivity contribution in [1.29, 1.82) is 0 Å². The number of benzene rings is 1. The Bertz CT molecular complexity index is 537. The maximum Gasteiger partial charge on any atom is 0.227 e. The third-order valence-corrected chi connectivity index (χ3v) is 2.59. The summed E-state index contributed by atoms with van der Waals surface area (Å²) in [5.74, 6) is 0.105. The molecule has 17 heavy (non-hydrogen) atoms. The van der Waals surface area contributed by atoms with Gasteiger partial charge in [0.25, 0.3) is 0 Å². The molecule has 0 atom stereocenters. The molecule has 0 aliphatic heterocycles. The van der Waals surface area contributed by atoms with Crippen LogP contribution in [-0.2, 0) is 6.54 Å². The zero-order valence-electron chi connectivity index (χ0n) is 9.01. The van der Waals surface area contributed by atoms with Gasteiger partial charge >= 0.3 is 0 Å². The number of hydrogen-bond acceptors (Lipinski definition) is 2.